The fourth-order valence-electron chi connectivity index (χ4n) is 4.25. The molecule has 0 bridgehead atoms. The molecule has 164 valence electrons. The molecule has 1 fully saturated rings. The summed E-state index contributed by atoms with van der Waals surface area (Å²) in [6, 6.07) is 12.5. The Balaban J connectivity index is 0.00000245. The maximum Gasteiger partial charge on any atom is 0.335 e. The summed E-state index contributed by atoms with van der Waals surface area (Å²) in [5, 5.41) is 12.5. The number of rotatable bonds is 4. The van der Waals surface area contributed by atoms with E-state index < -0.39 is 5.97 Å². The first-order valence-corrected chi connectivity index (χ1v) is 10.1. The van der Waals surface area contributed by atoms with Gasteiger partial charge in [0.1, 0.15) is 0 Å². The summed E-state index contributed by atoms with van der Waals surface area (Å²) < 4.78 is 3.43. The zero-order chi connectivity index (χ0) is 21.5. The fourth-order valence-corrected chi connectivity index (χ4v) is 4.25. The summed E-state index contributed by atoms with van der Waals surface area (Å²) >= 11 is 0. The number of nitrogens with one attached hydrogen (secondary N) is 1. The average molecular weight is 452 g/mol. The lowest BCUT2D eigenvalue weighted by atomic mass is 10.0. The van der Waals surface area contributed by atoms with Gasteiger partial charge in [-0.05, 0) is 61.9 Å². The lowest BCUT2D eigenvalue weighted by Crippen LogP contribution is -2.28. The molecular weight excluding hydrogens is 430 g/mol. The number of hydrogen-bond donors (Lipinski definition) is 2. The summed E-state index contributed by atoms with van der Waals surface area (Å²) in [5.41, 5.74) is 4.59. The molecule has 1 aliphatic heterocycles. The van der Waals surface area contributed by atoms with Gasteiger partial charge in [-0.25, -0.2) is 14.6 Å². The molecule has 4 heterocycles. The maximum absolute atomic E-state index is 13.4. The summed E-state index contributed by atoms with van der Waals surface area (Å²) in [5.74, 6) is -0.959. The highest BCUT2D eigenvalue weighted by Gasteiger charge is 2.24. The number of carbonyl (C=O) groups is 1. The predicted molar refractivity (Wildman–Crippen MR) is 124 cm³/mol. The Kier molecular flexibility index (Phi) is 5.82. The van der Waals surface area contributed by atoms with Crippen LogP contribution in [0.4, 0.5) is 0 Å². The van der Waals surface area contributed by atoms with E-state index in [0.717, 1.165) is 36.2 Å². The van der Waals surface area contributed by atoms with Crippen molar-refractivity contribution in [3.05, 3.63) is 76.5 Å². The van der Waals surface area contributed by atoms with Gasteiger partial charge in [0.2, 0.25) is 0 Å². The fraction of sp³-hybridized carbons (Fsp3) is 0.217. The van der Waals surface area contributed by atoms with Crippen molar-refractivity contribution in [1.82, 2.24) is 24.4 Å². The minimum Gasteiger partial charge on any atom is -0.478 e. The Morgan fingerprint density at radius 3 is 2.69 bits per heavy atom. The Bertz CT molecular complexity index is 1350. The van der Waals surface area contributed by atoms with Crippen LogP contribution in [0.25, 0.3) is 28.1 Å². The number of aromatic carboxylic acids is 1. The topological polar surface area (TPSA) is 102 Å². The van der Waals surface area contributed by atoms with Crippen LogP contribution in [0.5, 0.6) is 0 Å². The van der Waals surface area contributed by atoms with Crippen molar-refractivity contribution in [3.63, 3.8) is 0 Å². The van der Waals surface area contributed by atoms with Gasteiger partial charge in [-0.15, -0.1) is 12.4 Å². The van der Waals surface area contributed by atoms with Gasteiger partial charge in [0, 0.05) is 18.3 Å². The van der Waals surface area contributed by atoms with Crippen LogP contribution in [0.2, 0.25) is 0 Å². The molecular formula is C23H22ClN5O3. The number of carboxylic acid groups (broad SMARTS) is 1. The van der Waals surface area contributed by atoms with Gasteiger partial charge in [-0.3, -0.25) is 14.1 Å². The number of aromatic nitrogens is 4. The molecule has 3 aromatic heterocycles. The van der Waals surface area contributed by atoms with Crippen LogP contribution < -0.4 is 11.0 Å². The van der Waals surface area contributed by atoms with E-state index >= 15 is 0 Å². The highest BCUT2D eigenvalue weighted by Crippen LogP contribution is 2.25. The number of aryl methyl sites for hydroxylation is 1. The molecule has 1 aromatic carbocycles. The number of fused-ring (bicyclic) bond motifs is 1. The Morgan fingerprint density at radius 2 is 2.03 bits per heavy atom. The predicted octanol–water partition coefficient (Wildman–Crippen LogP) is 3.21. The number of carboxylic acids is 1. The third kappa shape index (κ3) is 3.57. The first-order valence-electron chi connectivity index (χ1n) is 10.1. The van der Waals surface area contributed by atoms with Gasteiger partial charge in [0.25, 0.3) is 0 Å². The molecule has 1 unspecified atom stereocenters. The van der Waals surface area contributed by atoms with Crippen molar-refractivity contribution in [1.29, 1.82) is 0 Å². The lowest BCUT2D eigenvalue weighted by molar-refractivity contribution is 0.0697. The SMILES string of the molecule is Cc1cc(C(=O)O)ccc1-c1ccc(-n2c(=O)n(C3CCNC3)c3ncccc32)cn1.Cl. The molecule has 0 spiro atoms. The molecule has 32 heavy (non-hydrogen) atoms. The third-order valence-corrected chi connectivity index (χ3v) is 5.79. The Labute approximate surface area is 190 Å². The largest absolute Gasteiger partial charge is 0.478 e. The minimum absolute atomic E-state index is 0. The van der Waals surface area contributed by atoms with Gasteiger partial charge >= 0.3 is 11.7 Å². The molecule has 0 amide bonds. The van der Waals surface area contributed by atoms with Crippen LogP contribution in [0, 0.1) is 6.92 Å². The van der Waals surface area contributed by atoms with Crippen molar-refractivity contribution in [2.45, 2.75) is 19.4 Å². The van der Waals surface area contributed by atoms with E-state index in [-0.39, 0.29) is 29.7 Å². The molecule has 2 N–H and O–H groups in total. The number of pyridine rings is 2. The van der Waals surface area contributed by atoms with Gasteiger partial charge in [-0.1, -0.05) is 6.07 Å². The van der Waals surface area contributed by atoms with E-state index in [4.69, 9.17) is 5.11 Å². The van der Waals surface area contributed by atoms with Gasteiger partial charge in [0.05, 0.1) is 34.7 Å². The van der Waals surface area contributed by atoms with E-state index in [9.17, 15) is 9.59 Å². The second-order valence-electron chi connectivity index (χ2n) is 7.72. The molecule has 1 saturated heterocycles. The zero-order valence-corrected chi connectivity index (χ0v) is 18.2. The van der Waals surface area contributed by atoms with Crippen molar-refractivity contribution in [2.24, 2.45) is 0 Å². The van der Waals surface area contributed by atoms with E-state index in [0.29, 0.717) is 17.0 Å². The lowest BCUT2D eigenvalue weighted by Gasteiger charge is -2.09. The second-order valence-corrected chi connectivity index (χ2v) is 7.72. The Hall–Kier alpha value is -3.49. The summed E-state index contributed by atoms with van der Waals surface area (Å²) in [4.78, 5) is 33.6. The molecule has 0 saturated carbocycles. The first kappa shape index (κ1) is 21.7. The summed E-state index contributed by atoms with van der Waals surface area (Å²) in [6.45, 7) is 3.49. The maximum atomic E-state index is 13.4. The zero-order valence-electron chi connectivity index (χ0n) is 17.4. The summed E-state index contributed by atoms with van der Waals surface area (Å²) in [6.07, 6.45) is 4.26. The Morgan fingerprint density at radius 1 is 1.19 bits per heavy atom. The smallest absolute Gasteiger partial charge is 0.335 e. The number of nitrogens with zero attached hydrogens (tertiary/aromatic N) is 4. The molecule has 4 aromatic rings. The van der Waals surface area contributed by atoms with Crippen molar-refractivity contribution < 1.29 is 9.90 Å². The van der Waals surface area contributed by atoms with Crippen LogP contribution in [-0.4, -0.2) is 43.3 Å². The first-order chi connectivity index (χ1) is 15.0. The van der Waals surface area contributed by atoms with Gasteiger partial charge < -0.3 is 10.4 Å². The molecule has 0 aliphatic carbocycles. The van der Waals surface area contributed by atoms with Crippen LogP contribution >= 0.6 is 12.4 Å². The quantitative estimate of drug-likeness (QED) is 0.494. The van der Waals surface area contributed by atoms with E-state index in [1.807, 2.05) is 31.2 Å². The molecule has 8 nitrogen and oxygen atoms in total. The van der Waals surface area contributed by atoms with E-state index in [1.165, 1.54) is 0 Å². The molecule has 5 rings (SSSR count). The number of halogens is 1. The number of hydrogen-bond acceptors (Lipinski definition) is 5. The summed E-state index contributed by atoms with van der Waals surface area (Å²) in [7, 11) is 0. The van der Waals surface area contributed by atoms with Crippen LogP contribution in [-0.2, 0) is 0 Å². The minimum atomic E-state index is -0.959. The highest BCUT2D eigenvalue weighted by atomic mass is 35.5. The second kappa shape index (κ2) is 8.57. The molecule has 0 radical (unpaired) electrons. The van der Waals surface area contributed by atoms with Crippen LogP contribution in [0.15, 0.2) is 59.7 Å². The van der Waals surface area contributed by atoms with E-state index in [1.54, 1.807) is 39.7 Å². The normalized spacial score (nSPS) is 15.6. The van der Waals surface area contributed by atoms with Crippen LogP contribution in [0.3, 0.4) is 0 Å². The third-order valence-electron chi connectivity index (χ3n) is 5.79. The standard InChI is InChI=1S/C23H21N5O3.ClH/c1-14-11-15(22(29)30)4-6-18(14)19-7-5-16(13-26-19)27-20-3-2-9-25-21(20)28(23(27)31)17-8-10-24-12-17;/h2-7,9,11,13,17,24H,8,10,12H2,1H3,(H,29,30);1H. The number of benzene rings is 1. The molecule has 9 heteroatoms. The van der Waals surface area contributed by atoms with Gasteiger partial charge in [-0.2, -0.15) is 0 Å². The molecule has 1 aliphatic rings. The van der Waals surface area contributed by atoms with Gasteiger partial charge in [0.15, 0.2) is 5.65 Å². The average Bonchev–Trinajstić information content (AvgIpc) is 3.39. The van der Waals surface area contributed by atoms with Crippen molar-refractivity contribution in [2.75, 3.05) is 13.1 Å². The van der Waals surface area contributed by atoms with E-state index in [2.05, 4.69) is 15.3 Å². The van der Waals surface area contributed by atoms with Crippen molar-refractivity contribution in [3.8, 4) is 16.9 Å². The molecule has 1 atom stereocenters. The van der Waals surface area contributed by atoms with Crippen LogP contribution in [0.1, 0.15) is 28.4 Å². The monoisotopic (exact) mass is 451 g/mol. The highest BCUT2D eigenvalue weighted by molar-refractivity contribution is 5.89. The number of imidazole rings is 1. The van der Waals surface area contributed by atoms with Crippen molar-refractivity contribution >= 4 is 29.5 Å².